The lowest BCUT2D eigenvalue weighted by Crippen LogP contribution is -2.27. The molecule has 6 aromatic rings. The highest BCUT2D eigenvalue weighted by Gasteiger charge is 2.22. The van der Waals surface area contributed by atoms with E-state index >= 15 is 0 Å². The van der Waals surface area contributed by atoms with Crippen LogP contribution < -0.4 is 5.32 Å². The number of nitrogens with zero attached hydrogens (tertiary/aromatic N) is 4. The third-order valence-electron chi connectivity index (χ3n) is 6.00. The average molecular weight is 512 g/mol. The molecule has 0 radical (unpaired) electrons. The summed E-state index contributed by atoms with van der Waals surface area (Å²) in [6.07, 6.45) is 5.03. The Morgan fingerprint density at radius 3 is 2.70 bits per heavy atom. The van der Waals surface area contributed by atoms with Crippen LogP contribution in [0.3, 0.4) is 0 Å². The van der Waals surface area contributed by atoms with Gasteiger partial charge in [-0.15, -0.1) is 11.3 Å². The summed E-state index contributed by atoms with van der Waals surface area (Å²) in [4.78, 5) is 30.3. The van der Waals surface area contributed by atoms with Crippen LogP contribution in [0.1, 0.15) is 20.8 Å². The van der Waals surface area contributed by atoms with Crippen molar-refractivity contribution < 1.29 is 9.18 Å². The maximum Gasteiger partial charge on any atom is 0.229 e. The highest BCUT2D eigenvalue weighted by Crippen LogP contribution is 2.35. The quantitative estimate of drug-likeness (QED) is 0.253. The van der Waals surface area contributed by atoms with E-state index in [0.29, 0.717) is 22.9 Å². The number of rotatable bonds is 4. The number of hydrogen-bond donors (Lipinski definition) is 3. The molecule has 10 heteroatoms. The second-order valence-electron chi connectivity index (χ2n) is 9.74. The van der Waals surface area contributed by atoms with E-state index in [1.165, 1.54) is 6.07 Å². The first-order chi connectivity index (χ1) is 17.8. The molecule has 0 atom stereocenters. The molecule has 0 aliphatic rings. The number of halogens is 1. The van der Waals surface area contributed by atoms with Gasteiger partial charge in [-0.25, -0.2) is 4.98 Å². The van der Waals surface area contributed by atoms with Crippen molar-refractivity contribution >= 4 is 44.9 Å². The van der Waals surface area contributed by atoms with Gasteiger partial charge >= 0.3 is 0 Å². The monoisotopic (exact) mass is 511 g/mol. The molecule has 0 aliphatic carbocycles. The van der Waals surface area contributed by atoms with Crippen molar-refractivity contribution in [1.82, 2.24) is 30.1 Å². The first-order valence-electron chi connectivity index (χ1n) is 11.6. The molecule has 0 saturated carbocycles. The number of fused-ring (bicyclic) bond motifs is 2. The number of aromatic nitrogens is 6. The molecule has 37 heavy (non-hydrogen) atoms. The summed E-state index contributed by atoms with van der Waals surface area (Å²) < 4.78 is 13.7. The van der Waals surface area contributed by atoms with Gasteiger partial charge in [-0.3, -0.25) is 19.9 Å². The molecule has 0 unspecified atom stereocenters. The van der Waals surface area contributed by atoms with Crippen LogP contribution in [0.25, 0.3) is 55.2 Å². The third-order valence-corrected chi connectivity index (χ3v) is 6.90. The zero-order valence-corrected chi connectivity index (χ0v) is 21.1. The Hall–Kier alpha value is -4.44. The van der Waals surface area contributed by atoms with E-state index in [4.69, 9.17) is 4.98 Å². The Kier molecular flexibility index (Phi) is 5.34. The molecule has 5 aromatic heterocycles. The number of thiophene rings is 1. The number of benzene rings is 1. The van der Waals surface area contributed by atoms with E-state index in [1.54, 1.807) is 24.7 Å². The number of carbonyl (C=O) groups is 1. The molecule has 0 saturated heterocycles. The van der Waals surface area contributed by atoms with Crippen molar-refractivity contribution in [2.45, 2.75) is 20.8 Å². The third kappa shape index (κ3) is 4.25. The van der Waals surface area contributed by atoms with Crippen LogP contribution in [0, 0.1) is 10.5 Å². The van der Waals surface area contributed by atoms with Crippen LogP contribution in [0.4, 0.5) is 10.1 Å². The van der Waals surface area contributed by atoms with Crippen LogP contribution in [-0.2, 0) is 4.79 Å². The Balaban J connectivity index is 1.40. The molecule has 0 bridgehead atoms. The second-order valence-corrected chi connectivity index (χ2v) is 10.8. The van der Waals surface area contributed by atoms with E-state index < -0.39 is 5.41 Å². The summed E-state index contributed by atoms with van der Waals surface area (Å²) in [6.45, 7) is 5.57. The molecule has 8 nitrogen and oxygen atoms in total. The molecule has 0 fully saturated rings. The SMILES string of the molecule is CC(C)(C)C(=O)Nc1cncc(-c2cc3c(-c4nc5c(-c6ccc(F)s6)cccc5[nH]4)n[nH]c3cn2)c1. The van der Waals surface area contributed by atoms with Crippen LogP contribution in [0.15, 0.2) is 61.1 Å². The normalized spacial score (nSPS) is 11.9. The highest BCUT2D eigenvalue weighted by molar-refractivity contribution is 7.14. The highest BCUT2D eigenvalue weighted by atomic mass is 32.1. The molecule has 1 aromatic carbocycles. The van der Waals surface area contributed by atoms with E-state index in [-0.39, 0.29) is 11.0 Å². The van der Waals surface area contributed by atoms with E-state index in [1.807, 2.05) is 51.1 Å². The van der Waals surface area contributed by atoms with Crippen molar-refractivity contribution in [3.8, 4) is 33.2 Å². The van der Waals surface area contributed by atoms with Gasteiger partial charge in [-0.2, -0.15) is 9.49 Å². The molecule has 5 heterocycles. The first-order valence-corrected chi connectivity index (χ1v) is 12.4. The fourth-order valence-corrected chi connectivity index (χ4v) is 4.78. The van der Waals surface area contributed by atoms with Gasteiger partial charge in [0.15, 0.2) is 11.0 Å². The number of H-pyrrole nitrogens is 2. The van der Waals surface area contributed by atoms with E-state index in [2.05, 4.69) is 30.5 Å². The summed E-state index contributed by atoms with van der Waals surface area (Å²) in [6, 6.07) is 12.8. The number of carbonyl (C=O) groups excluding carboxylic acids is 1. The predicted octanol–water partition coefficient (Wildman–Crippen LogP) is 6.42. The lowest BCUT2D eigenvalue weighted by Gasteiger charge is -2.17. The Labute approximate surface area is 215 Å². The van der Waals surface area contributed by atoms with E-state index in [9.17, 15) is 9.18 Å². The average Bonchev–Trinajstić information content (AvgIpc) is 3.60. The van der Waals surface area contributed by atoms with Gasteiger partial charge in [0, 0.05) is 33.0 Å². The minimum Gasteiger partial charge on any atom is -0.337 e. The standard InChI is InChI=1S/C27H22FN7OS/c1-27(2,3)26(36)31-15-9-14(11-29-12-15)19-10-17-20(13-30-19)34-35-24(17)25-32-18-6-4-5-16(23(18)33-25)21-7-8-22(28)37-21/h4-13H,1-3H3,(H,31,36)(H,32,33)(H,34,35). The van der Waals surface area contributed by atoms with Gasteiger partial charge in [0.25, 0.3) is 0 Å². The predicted molar refractivity (Wildman–Crippen MR) is 144 cm³/mol. The topological polar surface area (TPSA) is 112 Å². The number of pyridine rings is 2. The fraction of sp³-hybridized carbons (Fsp3) is 0.148. The Morgan fingerprint density at radius 2 is 1.92 bits per heavy atom. The fourth-order valence-electron chi connectivity index (χ4n) is 4.02. The minimum atomic E-state index is -0.525. The van der Waals surface area contributed by atoms with Gasteiger partial charge in [0.1, 0.15) is 5.69 Å². The number of imidazole rings is 1. The summed E-state index contributed by atoms with van der Waals surface area (Å²) in [5.74, 6) is 0.494. The van der Waals surface area contributed by atoms with Crippen LogP contribution >= 0.6 is 11.3 Å². The molecular weight excluding hydrogens is 489 g/mol. The van der Waals surface area contributed by atoms with Crippen LogP contribution in [0.2, 0.25) is 0 Å². The number of hydrogen-bond acceptors (Lipinski definition) is 6. The summed E-state index contributed by atoms with van der Waals surface area (Å²) >= 11 is 1.09. The summed E-state index contributed by atoms with van der Waals surface area (Å²) in [5, 5.41) is 11.0. The number of para-hydroxylation sites is 1. The van der Waals surface area contributed by atoms with Gasteiger partial charge in [-0.1, -0.05) is 32.9 Å². The molecule has 1 amide bonds. The molecule has 6 rings (SSSR count). The largest absolute Gasteiger partial charge is 0.337 e. The molecule has 184 valence electrons. The van der Waals surface area contributed by atoms with Crippen LogP contribution in [-0.4, -0.2) is 36.0 Å². The van der Waals surface area contributed by atoms with Crippen LogP contribution in [0.5, 0.6) is 0 Å². The number of nitrogens with one attached hydrogen (secondary N) is 3. The Morgan fingerprint density at radius 1 is 1.05 bits per heavy atom. The van der Waals surface area contributed by atoms with Crippen molar-refractivity contribution in [3.05, 3.63) is 66.2 Å². The zero-order valence-electron chi connectivity index (χ0n) is 20.3. The maximum absolute atomic E-state index is 13.7. The Bertz CT molecular complexity index is 1790. The molecule has 0 aliphatic heterocycles. The lowest BCUT2D eigenvalue weighted by atomic mass is 9.95. The van der Waals surface area contributed by atoms with Gasteiger partial charge in [0.05, 0.1) is 40.3 Å². The van der Waals surface area contributed by atoms with Crippen molar-refractivity contribution in [2.24, 2.45) is 5.41 Å². The van der Waals surface area contributed by atoms with Crippen molar-refractivity contribution in [1.29, 1.82) is 0 Å². The number of anilines is 1. The maximum atomic E-state index is 13.7. The summed E-state index contributed by atoms with van der Waals surface area (Å²) in [7, 11) is 0. The summed E-state index contributed by atoms with van der Waals surface area (Å²) in [5.41, 5.74) is 5.34. The van der Waals surface area contributed by atoms with Gasteiger partial charge < -0.3 is 10.3 Å². The van der Waals surface area contributed by atoms with Gasteiger partial charge in [0.2, 0.25) is 5.91 Å². The molecule has 3 N–H and O–H groups in total. The smallest absolute Gasteiger partial charge is 0.229 e. The second kappa shape index (κ2) is 8.59. The molecule has 0 spiro atoms. The number of amides is 1. The van der Waals surface area contributed by atoms with Crippen molar-refractivity contribution in [3.63, 3.8) is 0 Å². The minimum absolute atomic E-state index is 0.0958. The zero-order chi connectivity index (χ0) is 25.7. The number of aromatic amines is 2. The lowest BCUT2D eigenvalue weighted by molar-refractivity contribution is -0.123. The first kappa shape index (κ1) is 23.0. The van der Waals surface area contributed by atoms with E-state index in [0.717, 1.165) is 49.3 Å². The van der Waals surface area contributed by atoms with Gasteiger partial charge in [-0.05, 0) is 30.3 Å². The molecular formula is C27H22FN7OS. The van der Waals surface area contributed by atoms with Crippen molar-refractivity contribution in [2.75, 3.05) is 5.32 Å².